The second-order valence-electron chi connectivity index (χ2n) is 9.29. The minimum absolute atomic E-state index is 0.0369. The molecule has 1 aliphatic heterocycles. The molecule has 38 heavy (non-hydrogen) atoms. The maximum absolute atomic E-state index is 14.4. The molecular formula is C26H23BF5N3O2S. The van der Waals surface area contributed by atoms with Crippen molar-refractivity contribution in [1.82, 2.24) is 4.90 Å². The number of likely N-dealkylation sites (tertiary alicyclic amines) is 1. The summed E-state index contributed by atoms with van der Waals surface area (Å²) in [7, 11) is 0.815. The standard InChI is InChI=1S/C26H23BF5N3O2S/c1-24(28,29)19-10-12-20(13-11-19)38(36,37)34-21-9-5-8-18(14-17-6-3-2-4-7-17)22(21)23(33)35-15-25(27,30)26(31,32)16-35/h2-13,33-34H,14-16H2,1H3. The van der Waals surface area contributed by atoms with E-state index >= 15 is 0 Å². The van der Waals surface area contributed by atoms with Crippen LogP contribution in [-0.2, 0) is 22.4 Å². The fraction of sp³-hybridized carbons (Fsp3) is 0.269. The van der Waals surface area contributed by atoms with Crippen molar-refractivity contribution in [3.05, 3.63) is 95.1 Å². The Morgan fingerprint density at radius 3 is 2.18 bits per heavy atom. The van der Waals surface area contributed by atoms with E-state index in [2.05, 4.69) is 4.72 Å². The Morgan fingerprint density at radius 2 is 1.63 bits per heavy atom. The van der Waals surface area contributed by atoms with Crippen molar-refractivity contribution in [1.29, 1.82) is 5.41 Å². The minimum Gasteiger partial charge on any atom is -0.348 e. The number of nitrogens with one attached hydrogen (secondary N) is 2. The van der Waals surface area contributed by atoms with Gasteiger partial charge in [0, 0.05) is 18.1 Å². The summed E-state index contributed by atoms with van der Waals surface area (Å²) >= 11 is 0. The first-order valence-electron chi connectivity index (χ1n) is 11.5. The van der Waals surface area contributed by atoms with Gasteiger partial charge in [-0.1, -0.05) is 54.6 Å². The molecule has 1 saturated heterocycles. The summed E-state index contributed by atoms with van der Waals surface area (Å²) in [4.78, 5) is 0.439. The van der Waals surface area contributed by atoms with Crippen LogP contribution in [0.15, 0.2) is 77.7 Å². The van der Waals surface area contributed by atoms with Gasteiger partial charge >= 0.3 is 0 Å². The molecule has 1 unspecified atom stereocenters. The smallest absolute Gasteiger partial charge is 0.291 e. The topological polar surface area (TPSA) is 73.3 Å². The fourth-order valence-electron chi connectivity index (χ4n) is 4.20. The van der Waals surface area contributed by atoms with Gasteiger partial charge in [-0.25, -0.2) is 30.4 Å². The zero-order chi connectivity index (χ0) is 27.9. The van der Waals surface area contributed by atoms with E-state index in [0.29, 0.717) is 12.5 Å². The third-order valence-electron chi connectivity index (χ3n) is 6.28. The third-order valence-corrected chi connectivity index (χ3v) is 7.66. The van der Waals surface area contributed by atoms with Crippen LogP contribution < -0.4 is 4.72 Å². The van der Waals surface area contributed by atoms with Crippen molar-refractivity contribution >= 4 is 29.4 Å². The second-order valence-corrected chi connectivity index (χ2v) is 11.0. The summed E-state index contributed by atoms with van der Waals surface area (Å²) in [6.45, 7) is -1.46. The van der Waals surface area contributed by atoms with Gasteiger partial charge in [0.15, 0.2) is 0 Å². The molecule has 2 N–H and O–H groups in total. The third kappa shape index (κ3) is 5.55. The van der Waals surface area contributed by atoms with Gasteiger partial charge in [0.2, 0.25) is 0 Å². The Hall–Kier alpha value is -3.41. The normalized spacial score (nSPS) is 19.4. The molecule has 3 aromatic carbocycles. The number of amidine groups is 1. The Morgan fingerprint density at radius 1 is 1.00 bits per heavy atom. The quantitative estimate of drug-likeness (QED) is 0.183. The van der Waals surface area contributed by atoms with Crippen LogP contribution in [0.3, 0.4) is 0 Å². The minimum atomic E-state index is -4.35. The zero-order valence-corrected chi connectivity index (χ0v) is 21.0. The summed E-state index contributed by atoms with van der Waals surface area (Å²) < 4.78 is 98.6. The molecule has 1 atom stereocenters. The van der Waals surface area contributed by atoms with Crippen LogP contribution in [0.25, 0.3) is 0 Å². The molecule has 12 heteroatoms. The largest absolute Gasteiger partial charge is 0.348 e. The molecule has 4 rings (SSSR count). The number of nitrogens with zero attached hydrogens (tertiary/aromatic N) is 1. The summed E-state index contributed by atoms with van der Waals surface area (Å²) in [6.07, 6.45) is 0.210. The molecule has 0 aromatic heterocycles. The highest BCUT2D eigenvalue weighted by atomic mass is 32.2. The van der Waals surface area contributed by atoms with Crippen LogP contribution in [0.2, 0.25) is 0 Å². The molecule has 1 aliphatic rings. The molecule has 3 aromatic rings. The summed E-state index contributed by atoms with van der Waals surface area (Å²) in [5.41, 5.74) is -2.70. The SMILES string of the molecule is [B]C1(F)CN(C(=N)c2c(Cc3ccccc3)cccc2NS(=O)(=O)c2ccc(C(C)(F)F)cc2)CC1(F)F. The van der Waals surface area contributed by atoms with Gasteiger partial charge in [0.25, 0.3) is 21.9 Å². The number of anilines is 1. The van der Waals surface area contributed by atoms with E-state index in [1.165, 1.54) is 12.1 Å². The maximum atomic E-state index is 14.4. The highest BCUT2D eigenvalue weighted by molar-refractivity contribution is 7.92. The number of sulfonamides is 1. The van der Waals surface area contributed by atoms with Crippen LogP contribution in [-0.4, -0.2) is 51.6 Å². The number of hydrogen-bond acceptors (Lipinski definition) is 3. The predicted molar refractivity (Wildman–Crippen MR) is 135 cm³/mol. The molecule has 0 amide bonds. The first-order chi connectivity index (χ1) is 17.6. The lowest BCUT2D eigenvalue weighted by atomic mass is 9.80. The predicted octanol–water partition coefficient (Wildman–Crippen LogP) is 5.30. The van der Waals surface area contributed by atoms with Crippen molar-refractivity contribution in [3.8, 4) is 0 Å². The van der Waals surface area contributed by atoms with E-state index in [0.717, 1.165) is 34.7 Å². The maximum Gasteiger partial charge on any atom is 0.291 e. The number of hydrogen-bond donors (Lipinski definition) is 2. The average molecular weight is 547 g/mol. The first kappa shape index (κ1) is 27.6. The summed E-state index contributed by atoms with van der Waals surface area (Å²) in [6, 6.07) is 17.4. The number of alkyl halides is 5. The molecule has 0 spiro atoms. The molecular weight excluding hydrogens is 524 g/mol. The van der Waals surface area contributed by atoms with Crippen molar-refractivity contribution in [2.45, 2.75) is 35.7 Å². The van der Waals surface area contributed by atoms with Crippen molar-refractivity contribution in [2.75, 3.05) is 17.8 Å². The van der Waals surface area contributed by atoms with Crippen LogP contribution in [0.5, 0.6) is 0 Å². The van der Waals surface area contributed by atoms with E-state index in [9.17, 15) is 30.4 Å². The number of benzene rings is 3. The van der Waals surface area contributed by atoms with Gasteiger partial charge in [0.1, 0.15) is 19.3 Å². The van der Waals surface area contributed by atoms with Crippen molar-refractivity contribution in [3.63, 3.8) is 0 Å². The lowest BCUT2D eigenvalue weighted by Gasteiger charge is -2.24. The van der Waals surface area contributed by atoms with Gasteiger partial charge in [-0.05, 0) is 35.7 Å². The van der Waals surface area contributed by atoms with Crippen LogP contribution in [0, 0.1) is 5.41 Å². The Bertz CT molecular complexity index is 1430. The van der Waals surface area contributed by atoms with Crippen molar-refractivity contribution < 1.29 is 30.4 Å². The number of halogens is 5. The Kier molecular flexibility index (Phi) is 7.07. The van der Waals surface area contributed by atoms with Crippen LogP contribution in [0.1, 0.15) is 29.2 Å². The zero-order valence-electron chi connectivity index (χ0n) is 20.2. The molecule has 198 valence electrons. The second kappa shape index (κ2) is 9.72. The summed E-state index contributed by atoms with van der Waals surface area (Å²) in [5.74, 6) is -7.65. The molecule has 5 nitrogen and oxygen atoms in total. The first-order valence-corrected chi connectivity index (χ1v) is 13.0. The molecule has 1 fully saturated rings. The monoisotopic (exact) mass is 547 g/mol. The lowest BCUT2D eigenvalue weighted by Crippen LogP contribution is -2.43. The van der Waals surface area contributed by atoms with Gasteiger partial charge in [-0.2, -0.15) is 0 Å². The van der Waals surface area contributed by atoms with Crippen LogP contribution >= 0.6 is 0 Å². The van der Waals surface area contributed by atoms with E-state index < -0.39 is 46.4 Å². The molecule has 1 heterocycles. The molecule has 0 aliphatic carbocycles. The van der Waals surface area contributed by atoms with E-state index in [1.54, 1.807) is 36.4 Å². The number of rotatable bonds is 7. The van der Waals surface area contributed by atoms with Crippen molar-refractivity contribution in [2.24, 2.45) is 0 Å². The van der Waals surface area contributed by atoms with Gasteiger partial charge in [0.05, 0.1) is 23.7 Å². The Balaban J connectivity index is 1.75. The van der Waals surface area contributed by atoms with Gasteiger partial charge in [-0.3, -0.25) is 10.1 Å². The highest BCUT2D eigenvalue weighted by Crippen LogP contribution is 2.39. The fourth-order valence-corrected chi connectivity index (χ4v) is 5.27. The van der Waals surface area contributed by atoms with Crippen LogP contribution in [0.4, 0.5) is 27.6 Å². The molecule has 0 bridgehead atoms. The lowest BCUT2D eigenvalue weighted by molar-refractivity contribution is -0.0587. The van der Waals surface area contributed by atoms with Gasteiger partial charge < -0.3 is 4.90 Å². The summed E-state index contributed by atoms with van der Waals surface area (Å²) in [5, 5.41) is 8.69. The Labute approximate surface area is 218 Å². The van der Waals surface area contributed by atoms with E-state index in [-0.39, 0.29) is 28.1 Å². The molecule has 0 saturated carbocycles. The van der Waals surface area contributed by atoms with Gasteiger partial charge in [-0.15, -0.1) is 0 Å². The van der Waals surface area contributed by atoms with E-state index in [4.69, 9.17) is 13.3 Å². The van der Waals surface area contributed by atoms with E-state index in [1.807, 2.05) is 0 Å². The average Bonchev–Trinajstić information content (AvgIpc) is 3.05. The highest BCUT2D eigenvalue weighted by Gasteiger charge is 2.58. The molecule has 2 radical (unpaired) electrons.